The number of anilines is 1. The standard InChI is InChI=1S/C20H24N2O/c23-20(17-9-2-1-3-10-17)18-11-4-5-12-19(18)21-13-8-16-22-14-6-7-15-22/h1-5,9-12,21H,6-8,13-16H2. The fourth-order valence-corrected chi connectivity index (χ4v) is 3.11. The average molecular weight is 308 g/mol. The van der Waals surface area contributed by atoms with Crippen LogP contribution in [0.2, 0.25) is 0 Å². The van der Waals surface area contributed by atoms with Crippen LogP contribution in [0.1, 0.15) is 35.2 Å². The van der Waals surface area contributed by atoms with E-state index in [0.29, 0.717) is 0 Å². The lowest BCUT2D eigenvalue weighted by atomic mass is 10.0. The van der Waals surface area contributed by atoms with Gasteiger partial charge in [0.05, 0.1) is 0 Å². The van der Waals surface area contributed by atoms with Crippen molar-refractivity contribution in [3.8, 4) is 0 Å². The van der Waals surface area contributed by atoms with Gasteiger partial charge in [0.15, 0.2) is 5.78 Å². The summed E-state index contributed by atoms with van der Waals surface area (Å²) in [5, 5.41) is 3.44. The molecule has 3 heteroatoms. The maximum Gasteiger partial charge on any atom is 0.195 e. The molecular weight excluding hydrogens is 284 g/mol. The first-order chi connectivity index (χ1) is 11.3. The van der Waals surface area contributed by atoms with Crippen LogP contribution in [0.3, 0.4) is 0 Å². The minimum Gasteiger partial charge on any atom is -0.384 e. The maximum absolute atomic E-state index is 12.7. The highest BCUT2D eigenvalue weighted by Gasteiger charge is 2.13. The van der Waals surface area contributed by atoms with Crippen LogP contribution >= 0.6 is 0 Å². The number of carbonyl (C=O) groups excluding carboxylic acids is 1. The summed E-state index contributed by atoms with van der Waals surface area (Å²) in [7, 11) is 0. The normalized spacial score (nSPS) is 14.8. The van der Waals surface area contributed by atoms with Crippen LogP contribution in [-0.2, 0) is 0 Å². The molecule has 1 N–H and O–H groups in total. The molecule has 0 unspecified atom stereocenters. The minimum atomic E-state index is 0.0771. The fraction of sp³-hybridized carbons (Fsp3) is 0.350. The lowest BCUT2D eigenvalue weighted by molar-refractivity contribution is 0.103. The second-order valence-corrected chi connectivity index (χ2v) is 6.07. The molecule has 23 heavy (non-hydrogen) atoms. The number of rotatable bonds is 7. The molecule has 120 valence electrons. The van der Waals surface area contributed by atoms with Gasteiger partial charge in [-0.3, -0.25) is 4.79 Å². The molecule has 2 aromatic carbocycles. The zero-order valence-corrected chi connectivity index (χ0v) is 13.5. The summed E-state index contributed by atoms with van der Waals surface area (Å²) in [5.41, 5.74) is 2.42. The predicted molar refractivity (Wildman–Crippen MR) is 95.1 cm³/mol. The summed E-state index contributed by atoms with van der Waals surface area (Å²) in [6.45, 7) is 4.52. The molecule has 1 aliphatic heterocycles. The van der Waals surface area contributed by atoms with Gasteiger partial charge < -0.3 is 10.2 Å². The summed E-state index contributed by atoms with van der Waals surface area (Å²) in [5.74, 6) is 0.0771. The molecule has 1 fully saturated rings. The molecule has 0 bridgehead atoms. The van der Waals surface area contributed by atoms with Gasteiger partial charge in [-0.1, -0.05) is 42.5 Å². The Bertz CT molecular complexity index is 633. The van der Waals surface area contributed by atoms with E-state index in [2.05, 4.69) is 10.2 Å². The number of likely N-dealkylation sites (tertiary alicyclic amines) is 1. The Balaban J connectivity index is 1.60. The molecule has 0 atom stereocenters. The first-order valence-electron chi connectivity index (χ1n) is 8.49. The lowest BCUT2D eigenvalue weighted by Crippen LogP contribution is -2.22. The van der Waals surface area contributed by atoms with Crippen LogP contribution < -0.4 is 5.32 Å². The van der Waals surface area contributed by atoms with Crippen molar-refractivity contribution in [2.24, 2.45) is 0 Å². The first kappa shape index (κ1) is 15.8. The SMILES string of the molecule is O=C(c1ccccc1)c1ccccc1NCCCN1CCCC1. The van der Waals surface area contributed by atoms with Crippen LogP contribution in [0.15, 0.2) is 54.6 Å². The van der Waals surface area contributed by atoms with Crippen molar-refractivity contribution in [2.45, 2.75) is 19.3 Å². The van der Waals surface area contributed by atoms with Crippen molar-refractivity contribution in [1.29, 1.82) is 0 Å². The first-order valence-corrected chi connectivity index (χ1v) is 8.49. The van der Waals surface area contributed by atoms with Gasteiger partial charge in [0.1, 0.15) is 0 Å². The molecule has 3 rings (SSSR count). The van der Waals surface area contributed by atoms with Crippen LogP contribution in [0.25, 0.3) is 0 Å². The van der Waals surface area contributed by atoms with Gasteiger partial charge in [0.2, 0.25) is 0 Å². The number of benzene rings is 2. The molecular formula is C20H24N2O. The summed E-state index contributed by atoms with van der Waals surface area (Å²) in [6, 6.07) is 17.3. The Morgan fingerprint density at radius 1 is 0.957 bits per heavy atom. The molecule has 0 amide bonds. The van der Waals surface area contributed by atoms with Gasteiger partial charge in [0, 0.05) is 23.4 Å². The third-order valence-corrected chi connectivity index (χ3v) is 4.37. The number of hydrogen-bond acceptors (Lipinski definition) is 3. The average Bonchev–Trinajstić information content (AvgIpc) is 3.13. The highest BCUT2D eigenvalue weighted by Crippen LogP contribution is 2.19. The second-order valence-electron chi connectivity index (χ2n) is 6.07. The second kappa shape index (κ2) is 7.93. The van der Waals surface area contributed by atoms with Crippen molar-refractivity contribution in [1.82, 2.24) is 4.90 Å². The van der Waals surface area contributed by atoms with E-state index in [9.17, 15) is 4.79 Å². The molecule has 1 saturated heterocycles. The van der Waals surface area contributed by atoms with E-state index in [-0.39, 0.29) is 5.78 Å². The minimum absolute atomic E-state index is 0.0771. The molecule has 0 radical (unpaired) electrons. The molecule has 1 aliphatic rings. The molecule has 3 nitrogen and oxygen atoms in total. The highest BCUT2D eigenvalue weighted by molar-refractivity contribution is 6.12. The van der Waals surface area contributed by atoms with Crippen molar-refractivity contribution in [3.05, 3.63) is 65.7 Å². The van der Waals surface area contributed by atoms with E-state index >= 15 is 0 Å². The van der Waals surface area contributed by atoms with E-state index in [4.69, 9.17) is 0 Å². The Labute approximate surface area is 138 Å². The number of carbonyl (C=O) groups is 1. The zero-order valence-electron chi connectivity index (χ0n) is 13.5. The Morgan fingerprint density at radius 2 is 1.65 bits per heavy atom. The summed E-state index contributed by atoms with van der Waals surface area (Å²) in [6.07, 6.45) is 3.78. The predicted octanol–water partition coefficient (Wildman–Crippen LogP) is 3.82. The molecule has 2 aromatic rings. The molecule has 1 heterocycles. The van der Waals surface area contributed by atoms with Crippen molar-refractivity contribution >= 4 is 11.5 Å². The third kappa shape index (κ3) is 4.20. The van der Waals surface area contributed by atoms with Gasteiger partial charge in [-0.25, -0.2) is 0 Å². The highest BCUT2D eigenvalue weighted by atomic mass is 16.1. The monoisotopic (exact) mass is 308 g/mol. The number of nitrogens with zero attached hydrogens (tertiary/aromatic N) is 1. The number of nitrogens with one attached hydrogen (secondary N) is 1. The van der Waals surface area contributed by atoms with Gasteiger partial charge in [-0.05, 0) is 51.0 Å². The van der Waals surface area contributed by atoms with Crippen LogP contribution in [0, 0.1) is 0 Å². The Morgan fingerprint density at radius 3 is 2.43 bits per heavy atom. The van der Waals surface area contributed by atoms with Crippen LogP contribution in [-0.4, -0.2) is 36.9 Å². The van der Waals surface area contributed by atoms with Gasteiger partial charge in [-0.15, -0.1) is 0 Å². The molecule has 0 aliphatic carbocycles. The topological polar surface area (TPSA) is 32.3 Å². The Hall–Kier alpha value is -2.13. The van der Waals surface area contributed by atoms with Crippen molar-refractivity contribution in [3.63, 3.8) is 0 Å². The van der Waals surface area contributed by atoms with Crippen LogP contribution in [0.4, 0.5) is 5.69 Å². The maximum atomic E-state index is 12.7. The lowest BCUT2D eigenvalue weighted by Gasteiger charge is -2.15. The molecule has 0 spiro atoms. The van der Waals surface area contributed by atoms with Crippen LogP contribution in [0.5, 0.6) is 0 Å². The number of ketones is 1. The van der Waals surface area contributed by atoms with E-state index in [1.807, 2.05) is 54.6 Å². The summed E-state index contributed by atoms with van der Waals surface area (Å²) in [4.78, 5) is 15.2. The summed E-state index contributed by atoms with van der Waals surface area (Å²) >= 11 is 0. The number of hydrogen-bond donors (Lipinski definition) is 1. The van der Waals surface area contributed by atoms with Crippen molar-refractivity contribution < 1.29 is 4.79 Å². The van der Waals surface area contributed by atoms with E-state index in [1.165, 1.54) is 25.9 Å². The molecule has 0 aromatic heterocycles. The molecule has 0 saturated carbocycles. The largest absolute Gasteiger partial charge is 0.384 e. The van der Waals surface area contributed by atoms with Gasteiger partial charge in [-0.2, -0.15) is 0 Å². The quantitative estimate of drug-likeness (QED) is 0.623. The summed E-state index contributed by atoms with van der Waals surface area (Å²) < 4.78 is 0. The Kier molecular flexibility index (Phi) is 5.43. The smallest absolute Gasteiger partial charge is 0.195 e. The van der Waals surface area contributed by atoms with Gasteiger partial charge >= 0.3 is 0 Å². The number of para-hydroxylation sites is 1. The van der Waals surface area contributed by atoms with E-state index in [1.54, 1.807) is 0 Å². The fourth-order valence-electron chi connectivity index (χ4n) is 3.11. The van der Waals surface area contributed by atoms with Crippen molar-refractivity contribution in [2.75, 3.05) is 31.5 Å². The van der Waals surface area contributed by atoms with E-state index < -0.39 is 0 Å². The van der Waals surface area contributed by atoms with E-state index in [0.717, 1.165) is 36.3 Å². The third-order valence-electron chi connectivity index (χ3n) is 4.37. The van der Waals surface area contributed by atoms with Gasteiger partial charge in [0.25, 0.3) is 0 Å². The zero-order chi connectivity index (χ0) is 15.9.